The number of carbonyl (C=O) groups is 1. The van der Waals surface area contributed by atoms with Crippen LogP contribution in [0.5, 0.6) is 5.75 Å². The highest BCUT2D eigenvalue weighted by molar-refractivity contribution is 5.85. The van der Waals surface area contributed by atoms with Gasteiger partial charge in [-0.2, -0.15) is 0 Å². The van der Waals surface area contributed by atoms with Gasteiger partial charge in [-0.1, -0.05) is 38.5 Å². The summed E-state index contributed by atoms with van der Waals surface area (Å²) in [7, 11) is 3.53. The summed E-state index contributed by atoms with van der Waals surface area (Å²) in [6.07, 6.45) is 5.94. The van der Waals surface area contributed by atoms with Gasteiger partial charge in [-0.25, -0.2) is 4.99 Å². The molecule has 0 saturated heterocycles. The SMILES string of the molecule is CC(C)CC1(CNC(=NCC(=O)N(C)C)NC2CCOc3ccccc32)CCC1. The molecule has 2 N–H and O–H groups in total. The zero-order valence-electron chi connectivity index (χ0n) is 18.3. The summed E-state index contributed by atoms with van der Waals surface area (Å²) in [6.45, 7) is 6.31. The number of nitrogens with one attached hydrogen (secondary N) is 2. The number of ether oxygens (including phenoxy) is 1. The molecule has 1 amide bonds. The number of nitrogens with zero attached hydrogens (tertiary/aromatic N) is 2. The molecule has 29 heavy (non-hydrogen) atoms. The fourth-order valence-corrected chi connectivity index (χ4v) is 4.36. The molecule has 1 unspecified atom stereocenters. The van der Waals surface area contributed by atoms with E-state index in [1.807, 2.05) is 18.2 Å². The summed E-state index contributed by atoms with van der Waals surface area (Å²) in [6, 6.07) is 8.27. The maximum atomic E-state index is 12.1. The lowest BCUT2D eigenvalue weighted by atomic mass is 9.64. The summed E-state index contributed by atoms with van der Waals surface area (Å²) in [5.41, 5.74) is 1.50. The molecule has 1 aromatic rings. The second-order valence-corrected chi connectivity index (χ2v) is 9.13. The average Bonchev–Trinajstić information content (AvgIpc) is 2.67. The van der Waals surface area contributed by atoms with Crippen LogP contribution in [-0.2, 0) is 4.79 Å². The van der Waals surface area contributed by atoms with Gasteiger partial charge >= 0.3 is 0 Å². The maximum Gasteiger partial charge on any atom is 0.243 e. The van der Waals surface area contributed by atoms with E-state index in [0.29, 0.717) is 17.9 Å². The van der Waals surface area contributed by atoms with Crippen LogP contribution in [0, 0.1) is 11.3 Å². The average molecular weight is 401 g/mol. The van der Waals surface area contributed by atoms with Crippen LogP contribution >= 0.6 is 0 Å². The minimum absolute atomic E-state index is 0.000912. The first-order valence-electron chi connectivity index (χ1n) is 10.9. The molecule has 0 spiro atoms. The number of amides is 1. The number of aliphatic imine (C=N–C) groups is 1. The Morgan fingerprint density at radius 3 is 2.72 bits per heavy atom. The van der Waals surface area contributed by atoms with Crippen molar-refractivity contribution < 1.29 is 9.53 Å². The molecule has 2 aliphatic rings. The molecule has 1 aromatic carbocycles. The minimum atomic E-state index is -0.000912. The monoisotopic (exact) mass is 400 g/mol. The van der Waals surface area contributed by atoms with E-state index >= 15 is 0 Å². The van der Waals surface area contributed by atoms with E-state index in [9.17, 15) is 4.79 Å². The highest BCUT2D eigenvalue weighted by Gasteiger charge is 2.37. The Kier molecular flexibility index (Phi) is 7.04. The summed E-state index contributed by atoms with van der Waals surface area (Å²) in [4.78, 5) is 18.3. The van der Waals surface area contributed by atoms with Gasteiger partial charge in [0.25, 0.3) is 0 Å². The van der Waals surface area contributed by atoms with Gasteiger partial charge < -0.3 is 20.3 Å². The lowest BCUT2D eigenvalue weighted by Crippen LogP contribution is -2.48. The van der Waals surface area contributed by atoms with E-state index in [1.165, 1.54) is 25.7 Å². The molecule has 0 radical (unpaired) electrons. The molecule has 3 rings (SSSR count). The van der Waals surface area contributed by atoms with Crippen LogP contribution in [0.2, 0.25) is 0 Å². The lowest BCUT2D eigenvalue weighted by molar-refractivity contribution is -0.127. The predicted molar refractivity (Wildman–Crippen MR) is 117 cm³/mol. The molecule has 6 heteroatoms. The van der Waals surface area contributed by atoms with Crippen molar-refractivity contribution in [1.82, 2.24) is 15.5 Å². The van der Waals surface area contributed by atoms with E-state index in [0.717, 1.165) is 30.2 Å². The van der Waals surface area contributed by atoms with Crippen LogP contribution in [0.15, 0.2) is 29.3 Å². The topological polar surface area (TPSA) is 66.0 Å². The summed E-state index contributed by atoms with van der Waals surface area (Å²) in [5, 5.41) is 7.14. The molecule has 1 fully saturated rings. The Balaban J connectivity index is 1.71. The van der Waals surface area contributed by atoms with Crippen LogP contribution in [0.25, 0.3) is 0 Å². The van der Waals surface area contributed by atoms with Crippen molar-refractivity contribution >= 4 is 11.9 Å². The summed E-state index contributed by atoms with van der Waals surface area (Å²) < 4.78 is 5.79. The van der Waals surface area contributed by atoms with Crippen LogP contribution in [0.1, 0.15) is 57.6 Å². The Bertz CT molecular complexity index is 725. The first-order valence-corrected chi connectivity index (χ1v) is 10.9. The van der Waals surface area contributed by atoms with Crippen LogP contribution in [0.3, 0.4) is 0 Å². The predicted octanol–water partition coefficient (Wildman–Crippen LogP) is 3.35. The van der Waals surface area contributed by atoms with E-state index in [-0.39, 0.29) is 18.5 Å². The highest BCUT2D eigenvalue weighted by atomic mass is 16.5. The quantitative estimate of drug-likeness (QED) is 0.544. The Hall–Kier alpha value is -2.24. The number of fused-ring (bicyclic) bond motifs is 1. The second-order valence-electron chi connectivity index (χ2n) is 9.13. The Labute approximate surface area is 175 Å². The number of hydrogen-bond donors (Lipinski definition) is 2. The lowest BCUT2D eigenvalue weighted by Gasteiger charge is -2.44. The summed E-state index contributed by atoms with van der Waals surface area (Å²) >= 11 is 0. The van der Waals surface area contributed by atoms with Gasteiger partial charge in [0.05, 0.1) is 12.6 Å². The fraction of sp³-hybridized carbons (Fsp3) is 0.652. The smallest absolute Gasteiger partial charge is 0.243 e. The third kappa shape index (κ3) is 5.64. The van der Waals surface area contributed by atoms with Crippen LogP contribution in [-0.4, -0.2) is 50.6 Å². The van der Waals surface area contributed by atoms with Gasteiger partial charge in [0, 0.05) is 32.6 Å². The maximum absolute atomic E-state index is 12.1. The van der Waals surface area contributed by atoms with Gasteiger partial charge in [0.1, 0.15) is 12.3 Å². The molecule has 160 valence electrons. The van der Waals surface area contributed by atoms with Gasteiger partial charge in [0.15, 0.2) is 5.96 Å². The largest absolute Gasteiger partial charge is 0.493 e. The molecular formula is C23H36N4O2. The van der Waals surface area contributed by atoms with Crippen LogP contribution in [0.4, 0.5) is 0 Å². The first-order chi connectivity index (χ1) is 13.9. The molecular weight excluding hydrogens is 364 g/mol. The standard InChI is InChI=1S/C23H36N4O2/c1-17(2)14-23(11-7-12-23)16-25-22(24-15-21(28)27(3)4)26-19-10-13-29-20-9-6-5-8-18(19)20/h5-6,8-9,17,19H,7,10-16H2,1-4H3,(H2,24,25,26). The Morgan fingerprint density at radius 2 is 2.07 bits per heavy atom. The molecule has 0 bridgehead atoms. The second kappa shape index (κ2) is 9.51. The molecule has 1 saturated carbocycles. The number of rotatable bonds is 7. The third-order valence-corrected chi connectivity index (χ3v) is 6.03. The van der Waals surface area contributed by atoms with E-state index in [4.69, 9.17) is 4.74 Å². The van der Waals surface area contributed by atoms with E-state index < -0.39 is 0 Å². The number of para-hydroxylation sites is 1. The van der Waals surface area contributed by atoms with E-state index in [1.54, 1.807) is 19.0 Å². The zero-order valence-corrected chi connectivity index (χ0v) is 18.3. The molecule has 6 nitrogen and oxygen atoms in total. The van der Waals surface area contributed by atoms with Crippen molar-refractivity contribution in [2.75, 3.05) is 33.8 Å². The fourth-order valence-electron chi connectivity index (χ4n) is 4.36. The van der Waals surface area contributed by atoms with Crippen molar-refractivity contribution in [2.45, 2.75) is 52.0 Å². The van der Waals surface area contributed by atoms with Crippen molar-refractivity contribution in [3.8, 4) is 5.75 Å². The molecule has 1 heterocycles. The number of guanidine groups is 1. The number of benzene rings is 1. The van der Waals surface area contributed by atoms with Gasteiger partial charge in [-0.3, -0.25) is 4.79 Å². The molecule has 1 atom stereocenters. The van der Waals surface area contributed by atoms with Crippen molar-refractivity contribution in [3.05, 3.63) is 29.8 Å². The molecule has 0 aromatic heterocycles. The number of carbonyl (C=O) groups excluding carboxylic acids is 1. The van der Waals surface area contributed by atoms with Gasteiger partial charge in [0.2, 0.25) is 5.91 Å². The normalized spacial score (nSPS) is 20.3. The molecule has 1 aliphatic carbocycles. The van der Waals surface area contributed by atoms with Crippen molar-refractivity contribution in [2.24, 2.45) is 16.3 Å². The van der Waals surface area contributed by atoms with Gasteiger partial charge in [-0.15, -0.1) is 0 Å². The van der Waals surface area contributed by atoms with Gasteiger partial charge in [-0.05, 0) is 36.7 Å². The molecule has 1 aliphatic heterocycles. The number of hydrogen-bond acceptors (Lipinski definition) is 3. The first kappa shape index (κ1) is 21.5. The zero-order chi connectivity index (χ0) is 20.9. The third-order valence-electron chi connectivity index (χ3n) is 6.03. The number of likely N-dealkylation sites (N-methyl/N-ethyl adjacent to an activating group) is 1. The minimum Gasteiger partial charge on any atom is -0.493 e. The van der Waals surface area contributed by atoms with Crippen molar-refractivity contribution in [1.29, 1.82) is 0 Å². The summed E-state index contributed by atoms with van der Waals surface area (Å²) in [5.74, 6) is 2.33. The van der Waals surface area contributed by atoms with Crippen molar-refractivity contribution in [3.63, 3.8) is 0 Å². The Morgan fingerprint density at radius 1 is 1.31 bits per heavy atom. The van der Waals surface area contributed by atoms with Crippen LogP contribution < -0.4 is 15.4 Å². The highest BCUT2D eigenvalue weighted by Crippen LogP contribution is 2.45. The van der Waals surface area contributed by atoms with E-state index in [2.05, 4.69) is 35.5 Å².